The van der Waals surface area contributed by atoms with Crippen LogP contribution in [0.2, 0.25) is 0 Å². The minimum absolute atomic E-state index is 2.00. The molecule has 0 radical (unpaired) electrons. The molecule has 0 heterocycles. The van der Waals surface area contributed by atoms with Crippen molar-refractivity contribution in [3.05, 3.63) is 0 Å². The number of rotatable bonds is 0. The molecule has 0 aliphatic rings. The predicted molar refractivity (Wildman–Crippen MR) is 11.3 cm³/mol. The maximum atomic E-state index is 3.06. The standard InChI is InChI=1S/C2H6.Fe.Mn/c1-2;;/h1-2H3;;. The Morgan fingerprint density at radius 1 is 1.25 bits per heavy atom. The van der Waals surface area contributed by atoms with Gasteiger partial charge in [-0.3, -0.25) is 0 Å². The van der Waals surface area contributed by atoms with Crippen molar-refractivity contribution >= 4 is 0 Å². The molecule has 0 spiro atoms. The zero-order valence-electron chi connectivity index (χ0n) is 2.73. The fraction of sp³-hybridized carbons (Fsp3) is 1.00. The van der Waals surface area contributed by atoms with Crippen molar-refractivity contribution in [2.24, 2.45) is 0 Å². The van der Waals surface area contributed by atoms with Gasteiger partial charge in [-0.2, -0.15) is 0 Å². The van der Waals surface area contributed by atoms with E-state index in [1.54, 1.807) is 0 Å². The number of hydrogen-bond acceptors (Lipinski definition) is 0. The van der Waals surface area contributed by atoms with Gasteiger partial charge in [0.25, 0.3) is 0 Å². The summed E-state index contributed by atoms with van der Waals surface area (Å²) in [6.45, 7) is 4.00. The molecule has 0 aliphatic carbocycles. The van der Waals surface area contributed by atoms with E-state index in [0.29, 0.717) is 0 Å². The van der Waals surface area contributed by atoms with Crippen LogP contribution in [-0.4, -0.2) is 0 Å². The van der Waals surface area contributed by atoms with Gasteiger partial charge in [-0.05, 0) is 0 Å². The predicted octanol–water partition coefficient (Wildman–Crippen LogP) is 1.02. The summed E-state index contributed by atoms with van der Waals surface area (Å²) < 4.78 is 0. The van der Waals surface area contributed by atoms with Crippen LogP contribution in [0.1, 0.15) is 13.8 Å². The fourth-order valence-electron chi connectivity index (χ4n) is 0. The summed E-state index contributed by atoms with van der Waals surface area (Å²) in [6, 6.07) is 0. The van der Waals surface area contributed by atoms with E-state index in [2.05, 4.69) is 28.4 Å². The molecule has 2 heteroatoms. The Hall–Kier alpha value is 1.04. The summed E-state index contributed by atoms with van der Waals surface area (Å²) in [5.41, 5.74) is 0. The third kappa shape index (κ3) is 11.7. The summed E-state index contributed by atoms with van der Waals surface area (Å²) in [5, 5.41) is 0. The van der Waals surface area contributed by atoms with Gasteiger partial charge in [0.1, 0.15) is 0 Å². The molecular formula is C2H6FeMn. The van der Waals surface area contributed by atoms with Gasteiger partial charge in [0.05, 0.1) is 0 Å². The number of hydrogen-bond donors (Lipinski definition) is 0. The first-order valence-corrected chi connectivity index (χ1v) is 3.27. The first kappa shape index (κ1) is 8.90. The van der Waals surface area contributed by atoms with E-state index in [-0.39, 0.29) is 0 Å². The SMILES string of the molecule is CC.[Mn][Fe]. The second kappa shape index (κ2) is 34.6. The Labute approximate surface area is 42.5 Å². The molecule has 0 unspecified atom stereocenters. The molecule has 0 aromatic heterocycles. The summed E-state index contributed by atoms with van der Waals surface area (Å²) >= 11 is 5.75. The topological polar surface area (TPSA) is 0 Å². The molecule has 0 aromatic carbocycles. The van der Waals surface area contributed by atoms with Crippen LogP contribution >= 0.6 is 0 Å². The maximum absolute atomic E-state index is 3.06. The van der Waals surface area contributed by atoms with Gasteiger partial charge in [0, 0.05) is 0 Å². The van der Waals surface area contributed by atoms with Crippen LogP contribution in [0.25, 0.3) is 0 Å². The molecule has 0 saturated carbocycles. The van der Waals surface area contributed by atoms with Gasteiger partial charge in [-0.15, -0.1) is 0 Å². The summed E-state index contributed by atoms with van der Waals surface area (Å²) in [4.78, 5) is 0. The quantitative estimate of drug-likeness (QED) is 0.441. The molecule has 0 nitrogen and oxygen atoms in total. The monoisotopic (exact) mass is 141 g/mol. The second-order valence-electron chi connectivity index (χ2n) is 0. The molecule has 0 fully saturated rings. The minimum atomic E-state index is 2.00. The molecule has 0 saturated heterocycles. The van der Waals surface area contributed by atoms with Crippen LogP contribution in [0.4, 0.5) is 0 Å². The van der Waals surface area contributed by atoms with E-state index < -0.39 is 0 Å². The zero-order chi connectivity index (χ0) is 4.00. The van der Waals surface area contributed by atoms with Crippen LogP contribution in [-0.2, 0) is 28.4 Å². The van der Waals surface area contributed by atoms with Crippen LogP contribution in [0.5, 0.6) is 0 Å². The van der Waals surface area contributed by atoms with Gasteiger partial charge in [-0.25, -0.2) is 0 Å². The van der Waals surface area contributed by atoms with Gasteiger partial charge in [0.15, 0.2) is 0 Å². The molecule has 0 amide bonds. The normalized spacial score (nSPS) is 3.00. The van der Waals surface area contributed by atoms with Crippen LogP contribution in [0, 0.1) is 0 Å². The van der Waals surface area contributed by atoms with E-state index in [1.165, 1.54) is 0 Å². The van der Waals surface area contributed by atoms with Gasteiger partial charge < -0.3 is 0 Å². The van der Waals surface area contributed by atoms with Crippen molar-refractivity contribution in [2.45, 2.75) is 13.8 Å². The molecule has 29 valence electrons. The molecule has 0 aromatic rings. The van der Waals surface area contributed by atoms with Gasteiger partial charge in [-0.1, -0.05) is 13.8 Å². The Morgan fingerprint density at radius 3 is 1.25 bits per heavy atom. The third-order valence-electron chi connectivity index (χ3n) is 0. The summed E-state index contributed by atoms with van der Waals surface area (Å²) in [7, 11) is 0. The summed E-state index contributed by atoms with van der Waals surface area (Å²) in [5.74, 6) is 0. The third-order valence-corrected chi connectivity index (χ3v) is 0. The fourth-order valence-corrected chi connectivity index (χ4v) is 0. The Morgan fingerprint density at radius 2 is 1.25 bits per heavy atom. The molecule has 0 rings (SSSR count). The molecular weight excluding hydrogens is 135 g/mol. The molecule has 0 N–H and O–H groups in total. The first-order chi connectivity index (χ1) is 2.00. The Kier molecular flexibility index (Phi) is 76.9. The molecule has 0 atom stereocenters. The van der Waals surface area contributed by atoms with Crippen LogP contribution in [0.15, 0.2) is 0 Å². The molecule has 0 aliphatic heterocycles. The van der Waals surface area contributed by atoms with Crippen molar-refractivity contribution in [2.75, 3.05) is 0 Å². The van der Waals surface area contributed by atoms with E-state index in [9.17, 15) is 0 Å². The Balaban J connectivity index is 0. The average molecular weight is 141 g/mol. The van der Waals surface area contributed by atoms with Crippen molar-refractivity contribution in [3.63, 3.8) is 0 Å². The van der Waals surface area contributed by atoms with Crippen molar-refractivity contribution < 1.29 is 28.4 Å². The Bertz CT molecular complexity index is 6.00. The van der Waals surface area contributed by atoms with E-state index in [1.807, 2.05) is 13.8 Å². The van der Waals surface area contributed by atoms with E-state index >= 15 is 0 Å². The molecule has 4 heavy (non-hydrogen) atoms. The molecule has 0 bridgehead atoms. The van der Waals surface area contributed by atoms with Crippen molar-refractivity contribution in [3.8, 4) is 0 Å². The van der Waals surface area contributed by atoms with E-state index in [4.69, 9.17) is 0 Å². The average Bonchev–Trinajstić information content (AvgIpc) is 1.50. The van der Waals surface area contributed by atoms with Crippen LogP contribution in [0.3, 0.4) is 0 Å². The first-order valence-electron chi connectivity index (χ1n) is 1.13. The van der Waals surface area contributed by atoms with Crippen molar-refractivity contribution in [1.29, 1.82) is 0 Å². The van der Waals surface area contributed by atoms with E-state index in [0.717, 1.165) is 0 Å². The van der Waals surface area contributed by atoms with Crippen LogP contribution < -0.4 is 0 Å². The van der Waals surface area contributed by atoms with Gasteiger partial charge in [0.2, 0.25) is 0 Å². The zero-order valence-corrected chi connectivity index (χ0v) is 5.02. The van der Waals surface area contributed by atoms with Gasteiger partial charge >= 0.3 is 28.4 Å². The second-order valence-corrected chi connectivity index (χ2v) is 0. The van der Waals surface area contributed by atoms with Crippen molar-refractivity contribution in [1.82, 2.24) is 0 Å². The summed E-state index contributed by atoms with van der Waals surface area (Å²) in [6.07, 6.45) is 0.